The van der Waals surface area contributed by atoms with Crippen LogP contribution in [0.3, 0.4) is 0 Å². The number of rotatable bonds is 7. The lowest BCUT2D eigenvalue weighted by Crippen LogP contribution is -2.40. The van der Waals surface area contributed by atoms with Crippen LogP contribution in [0, 0.1) is 0 Å². The van der Waals surface area contributed by atoms with Gasteiger partial charge < -0.3 is 10.6 Å². The molecule has 0 spiro atoms. The topological polar surface area (TPSA) is 104 Å². The predicted molar refractivity (Wildman–Crippen MR) is 109 cm³/mol. The molecule has 2 aromatic rings. The summed E-state index contributed by atoms with van der Waals surface area (Å²) in [6, 6.07) is 14.7. The molecule has 0 fully saturated rings. The van der Waals surface area contributed by atoms with Crippen molar-refractivity contribution >= 4 is 27.5 Å². The van der Waals surface area contributed by atoms with Crippen LogP contribution in [0.2, 0.25) is 0 Å². The number of sulfonamides is 1. The Kier molecular flexibility index (Phi) is 6.93. The molecule has 3 N–H and O–H groups in total. The maximum Gasteiger partial charge on any atom is 0.251 e. The highest BCUT2D eigenvalue weighted by atomic mass is 32.2. The van der Waals surface area contributed by atoms with E-state index in [0.717, 1.165) is 0 Å². The summed E-state index contributed by atoms with van der Waals surface area (Å²) in [6.45, 7) is 5.47. The zero-order valence-corrected chi connectivity index (χ0v) is 17.0. The van der Waals surface area contributed by atoms with Crippen LogP contribution in [0.25, 0.3) is 0 Å². The van der Waals surface area contributed by atoms with Gasteiger partial charge in [0.05, 0.1) is 4.90 Å². The van der Waals surface area contributed by atoms with Gasteiger partial charge in [0.2, 0.25) is 15.9 Å². The molecule has 0 saturated heterocycles. The maximum atomic E-state index is 12.3. The van der Waals surface area contributed by atoms with Gasteiger partial charge in [-0.25, -0.2) is 13.1 Å². The lowest BCUT2D eigenvalue weighted by atomic mass is 10.1. The third-order valence-electron chi connectivity index (χ3n) is 3.56. The van der Waals surface area contributed by atoms with Crippen LogP contribution in [0.15, 0.2) is 59.5 Å². The standard InChI is InChI=1S/C20H25N3O4S/c1-20(2,3)23-28(26,27)17-11-9-16(10-12-17)22-18(24)13-14-21-19(25)15-7-5-4-6-8-15/h4-12,23H,13-14H2,1-3H3,(H,21,25)(H,22,24). The Balaban J connectivity index is 1.85. The zero-order chi connectivity index (χ0) is 20.8. The van der Waals surface area contributed by atoms with E-state index in [1.165, 1.54) is 24.3 Å². The van der Waals surface area contributed by atoms with E-state index in [2.05, 4.69) is 15.4 Å². The molecule has 7 nitrogen and oxygen atoms in total. The van der Waals surface area contributed by atoms with E-state index in [1.807, 2.05) is 6.07 Å². The zero-order valence-electron chi connectivity index (χ0n) is 16.2. The van der Waals surface area contributed by atoms with Crippen molar-refractivity contribution in [3.8, 4) is 0 Å². The SMILES string of the molecule is CC(C)(C)NS(=O)(=O)c1ccc(NC(=O)CCNC(=O)c2ccccc2)cc1. The molecule has 150 valence electrons. The largest absolute Gasteiger partial charge is 0.352 e. The minimum Gasteiger partial charge on any atom is -0.352 e. The molecule has 2 aromatic carbocycles. The van der Waals surface area contributed by atoms with Gasteiger partial charge in [-0.1, -0.05) is 18.2 Å². The van der Waals surface area contributed by atoms with Crippen molar-refractivity contribution in [1.29, 1.82) is 0 Å². The van der Waals surface area contributed by atoms with Crippen LogP contribution in [0.5, 0.6) is 0 Å². The molecule has 0 aliphatic heterocycles. The molecule has 0 heterocycles. The van der Waals surface area contributed by atoms with Crippen LogP contribution in [0.4, 0.5) is 5.69 Å². The second-order valence-corrected chi connectivity index (χ2v) is 8.98. The molecule has 0 unspecified atom stereocenters. The van der Waals surface area contributed by atoms with Gasteiger partial charge in [-0.3, -0.25) is 9.59 Å². The van der Waals surface area contributed by atoms with E-state index in [1.54, 1.807) is 45.0 Å². The molecule has 0 saturated carbocycles. The van der Waals surface area contributed by atoms with Crippen molar-refractivity contribution in [3.05, 3.63) is 60.2 Å². The van der Waals surface area contributed by atoms with Gasteiger partial charge in [-0.15, -0.1) is 0 Å². The van der Waals surface area contributed by atoms with Crippen LogP contribution >= 0.6 is 0 Å². The third kappa shape index (κ3) is 6.79. The highest BCUT2D eigenvalue weighted by molar-refractivity contribution is 7.89. The minimum absolute atomic E-state index is 0.101. The summed E-state index contributed by atoms with van der Waals surface area (Å²) in [5, 5.41) is 5.36. The molecule has 2 rings (SSSR count). The fraction of sp³-hybridized carbons (Fsp3) is 0.300. The van der Waals surface area contributed by atoms with E-state index in [4.69, 9.17) is 0 Å². The summed E-state index contributed by atoms with van der Waals surface area (Å²) in [5.41, 5.74) is 0.424. The number of carbonyl (C=O) groups is 2. The number of nitrogens with one attached hydrogen (secondary N) is 3. The molecule has 8 heteroatoms. The fourth-order valence-electron chi connectivity index (χ4n) is 2.38. The summed E-state index contributed by atoms with van der Waals surface area (Å²) < 4.78 is 27.1. The highest BCUT2D eigenvalue weighted by Crippen LogP contribution is 2.16. The Hall–Kier alpha value is -2.71. The first-order valence-corrected chi connectivity index (χ1v) is 10.3. The van der Waals surface area contributed by atoms with E-state index in [0.29, 0.717) is 11.3 Å². The molecule has 0 aliphatic carbocycles. The fourth-order valence-corrected chi connectivity index (χ4v) is 3.80. The van der Waals surface area contributed by atoms with Gasteiger partial charge in [0.1, 0.15) is 0 Å². The quantitative estimate of drug-likeness (QED) is 0.661. The molecule has 0 aromatic heterocycles. The van der Waals surface area contributed by atoms with Crippen molar-refractivity contribution in [2.45, 2.75) is 37.6 Å². The highest BCUT2D eigenvalue weighted by Gasteiger charge is 2.21. The second kappa shape index (κ2) is 8.99. The summed E-state index contributed by atoms with van der Waals surface area (Å²) in [6.07, 6.45) is 0.101. The molecule has 28 heavy (non-hydrogen) atoms. The molecule has 0 bridgehead atoms. The van der Waals surface area contributed by atoms with Gasteiger partial charge in [-0.2, -0.15) is 0 Å². The van der Waals surface area contributed by atoms with Gasteiger partial charge in [0.15, 0.2) is 0 Å². The van der Waals surface area contributed by atoms with E-state index in [9.17, 15) is 18.0 Å². The van der Waals surface area contributed by atoms with Crippen molar-refractivity contribution in [1.82, 2.24) is 10.0 Å². The van der Waals surface area contributed by atoms with Crippen molar-refractivity contribution in [3.63, 3.8) is 0 Å². The number of carbonyl (C=O) groups excluding carboxylic acids is 2. The lowest BCUT2D eigenvalue weighted by molar-refractivity contribution is -0.116. The van der Waals surface area contributed by atoms with E-state index in [-0.39, 0.29) is 29.7 Å². The third-order valence-corrected chi connectivity index (χ3v) is 5.34. The second-order valence-electron chi connectivity index (χ2n) is 7.30. The first-order valence-electron chi connectivity index (χ1n) is 8.84. The van der Waals surface area contributed by atoms with Crippen LogP contribution in [-0.2, 0) is 14.8 Å². The molecule has 0 aliphatic rings. The first kappa shape index (κ1) is 21.6. The van der Waals surface area contributed by atoms with Crippen LogP contribution in [0.1, 0.15) is 37.6 Å². The molecule has 2 amide bonds. The van der Waals surface area contributed by atoms with Gasteiger partial charge in [0.25, 0.3) is 5.91 Å². The van der Waals surface area contributed by atoms with E-state index >= 15 is 0 Å². The number of hydrogen-bond acceptors (Lipinski definition) is 4. The van der Waals surface area contributed by atoms with E-state index < -0.39 is 15.6 Å². The van der Waals surface area contributed by atoms with Crippen LogP contribution in [-0.4, -0.2) is 32.3 Å². The van der Waals surface area contributed by atoms with Crippen molar-refractivity contribution < 1.29 is 18.0 Å². The maximum absolute atomic E-state index is 12.3. The molecular formula is C20H25N3O4S. The average molecular weight is 404 g/mol. The van der Waals surface area contributed by atoms with Crippen LogP contribution < -0.4 is 15.4 Å². The number of hydrogen-bond donors (Lipinski definition) is 3. The van der Waals surface area contributed by atoms with Crippen molar-refractivity contribution in [2.75, 3.05) is 11.9 Å². The first-order chi connectivity index (χ1) is 13.1. The Labute approximate surface area is 165 Å². The number of amides is 2. The van der Waals surface area contributed by atoms with Gasteiger partial charge in [-0.05, 0) is 57.2 Å². The Morgan fingerprint density at radius 3 is 2.11 bits per heavy atom. The normalized spacial score (nSPS) is 11.7. The predicted octanol–water partition coefficient (Wildman–Crippen LogP) is 2.52. The Morgan fingerprint density at radius 1 is 0.929 bits per heavy atom. The minimum atomic E-state index is -3.62. The summed E-state index contributed by atoms with van der Waals surface area (Å²) in [4.78, 5) is 24.0. The Bertz CT molecular complexity index is 918. The summed E-state index contributed by atoms with van der Waals surface area (Å²) >= 11 is 0. The average Bonchev–Trinajstić information content (AvgIpc) is 2.61. The number of benzene rings is 2. The smallest absolute Gasteiger partial charge is 0.251 e. The Morgan fingerprint density at radius 2 is 1.54 bits per heavy atom. The lowest BCUT2D eigenvalue weighted by Gasteiger charge is -2.20. The summed E-state index contributed by atoms with van der Waals surface area (Å²) in [5.74, 6) is -0.522. The monoisotopic (exact) mass is 403 g/mol. The van der Waals surface area contributed by atoms with Gasteiger partial charge in [0, 0.05) is 29.8 Å². The molecular weight excluding hydrogens is 378 g/mol. The van der Waals surface area contributed by atoms with Gasteiger partial charge >= 0.3 is 0 Å². The molecule has 0 atom stereocenters. The number of anilines is 1. The van der Waals surface area contributed by atoms with Crippen molar-refractivity contribution in [2.24, 2.45) is 0 Å². The summed E-state index contributed by atoms with van der Waals surface area (Å²) in [7, 11) is -3.62. The molecule has 0 radical (unpaired) electrons.